The Kier molecular flexibility index (Phi) is 6.67. The Morgan fingerprint density at radius 1 is 1.12 bits per heavy atom. The molecule has 1 atom stereocenters. The topological polar surface area (TPSA) is 87.5 Å². The molecule has 0 spiro atoms. The summed E-state index contributed by atoms with van der Waals surface area (Å²) in [4.78, 5) is 32.9. The van der Waals surface area contributed by atoms with Gasteiger partial charge in [-0.05, 0) is 29.7 Å². The van der Waals surface area contributed by atoms with E-state index in [-0.39, 0.29) is 30.0 Å². The number of rotatable bonds is 6. The lowest BCUT2D eigenvalue weighted by Crippen LogP contribution is -2.41. The average Bonchev–Trinajstić information content (AvgIpc) is 3.00. The van der Waals surface area contributed by atoms with E-state index in [0.29, 0.717) is 29.4 Å². The molecular formula is C25H30N4O3. The molecule has 168 valence electrons. The first-order valence-electron chi connectivity index (χ1n) is 11.2. The fraction of sp³-hybridized carbons (Fsp3) is 0.400. The van der Waals surface area contributed by atoms with E-state index < -0.39 is 0 Å². The predicted molar refractivity (Wildman–Crippen MR) is 125 cm³/mol. The summed E-state index contributed by atoms with van der Waals surface area (Å²) in [6.07, 6.45) is 0.675. The number of benzene rings is 2. The third-order valence-electron chi connectivity index (χ3n) is 6.15. The molecule has 3 aromatic rings. The van der Waals surface area contributed by atoms with Crippen molar-refractivity contribution in [2.45, 2.75) is 39.4 Å². The van der Waals surface area contributed by atoms with Crippen LogP contribution in [0.4, 0.5) is 0 Å². The van der Waals surface area contributed by atoms with Gasteiger partial charge in [0.25, 0.3) is 11.5 Å². The first-order valence-corrected chi connectivity index (χ1v) is 11.2. The number of nitrogens with zero attached hydrogens (tertiary/aromatic N) is 3. The summed E-state index contributed by atoms with van der Waals surface area (Å²) in [6.45, 7) is 6.81. The highest BCUT2D eigenvalue weighted by Crippen LogP contribution is 2.16. The van der Waals surface area contributed by atoms with Gasteiger partial charge in [-0.1, -0.05) is 44.2 Å². The third kappa shape index (κ3) is 4.74. The van der Waals surface area contributed by atoms with Gasteiger partial charge in [-0.3, -0.25) is 19.1 Å². The lowest BCUT2D eigenvalue weighted by molar-refractivity contribution is 0.0897. The maximum atomic E-state index is 13.2. The first kappa shape index (κ1) is 22.2. The molecule has 0 radical (unpaired) electrons. The number of aliphatic hydroxyl groups is 1. The Morgan fingerprint density at radius 2 is 1.91 bits per heavy atom. The Hall–Kier alpha value is -3.03. The van der Waals surface area contributed by atoms with Gasteiger partial charge in [-0.15, -0.1) is 0 Å². The van der Waals surface area contributed by atoms with Crippen LogP contribution in [0.2, 0.25) is 0 Å². The SMILES string of the molecule is CC(C)C(CO)NC(=O)c1ccc2c(=O)n3c(nc2c1)CCN(Cc1ccccc1)CC3. The molecule has 0 saturated carbocycles. The van der Waals surface area contributed by atoms with Crippen LogP contribution in [0.25, 0.3) is 10.9 Å². The smallest absolute Gasteiger partial charge is 0.261 e. The van der Waals surface area contributed by atoms with Crippen LogP contribution in [0.1, 0.15) is 35.6 Å². The van der Waals surface area contributed by atoms with E-state index in [1.54, 1.807) is 22.8 Å². The van der Waals surface area contributed by atoms with E-state index in [1.165, 1.54) is 5.56 Å². The number of nitrogens with one attached hydrogen (secondary N) is 1. The molecule has 1 amide bonds. The molecular weight excluding hydrogens is 404 g/mol. The lowest BCUT2D eigenvalue weighted by atomic mass is 10.0. The number of aliphatic hydroxyl groups excluding tert-OH is 1. The molecule has 2 aromatic carbocycles. The summed E-state index contributed by atoms with van der Waals surface area (Å²) in [7, 11) is 0. The van der Waals surface area contributed by atoms with Crippen molar-refractivity contribution in [2.75, 3.05) is 19.7 Å². The molecule has 1 aliphatic heterocycles. The molecule has 0 fully saturated rings. The van der Waals surface area contributed by atoms with Gasteiger partial charge in [-0.2, -0.15) is 0 Å². The third-order valence-corrected chi connectivity index (χ3v) is 6.15. The maximum Gasteiger partial charge on any atom is 0.261 e. The highest BCUT2D eigenvalue weighted by Gasteiger charge is 2.20. The van der Waals surface area contributed by atoms with Crippen LogP contribution in [0.15, 0.2) is 53.3 Å². The Balaban J connectivity index is 1.57. The Labute approximate surface area is 187 Å². The molecule has 1 aromatic heterocycles. The standard InChI is InChI=1S/C25H30N4O3/c1-17(2)22(16-30)27-24(31)19-8-9-20-21(14-19)26-23-10-11-28(12-13-29(23)25(20)32)15-18-6-4-3-5-7-18/h3-9,14,17,22,30H,10-13,15-16H2,1-2H3,(H,27,31). The van der Waals surface area contributed by atoms with E-state index in [9.17, 15) is 14.7 Å². The van der Waals surface area contributed by atoms with Crippen molar-refractivity contribution >= 4 is 16.8 Å². The molecule has 0 saturated heterocycles. The Morgan fingerprint density at radius 3 is 2.62 bits per heavy atom. The van der Waals surface area contributed by atoms with Crippen LogP contribution in [0, 0.1) is 5.92 Å². The minimum absolute atomic E-state index is 0.0612. The van der Waals surface area contributed by atoms with E-state index in [4.69, 9.17) is 4.98 Å². The summed E-state index contributed by atoms with van der Waals surface area (Å²) >= 11 is 0. The average molecular weight is 435 g/mol. The van der Waals surface area contributed by atoms with E-state index in [1.807, 2.05) is 32.0 Å². The minimum atomic E-state index is -0.320. The van der Waals surface area contributed by atoms with Gasteiger partial charge < -0.3 is 10.4 Å². The van der Waals surface area contributed by atoms with E-state index in [2.05, 4.69) is 22.3 Å². The van der Waals surface area contributed by atoms with Crippen LogP contribution >= 0.6 is 0 Å². The second kappa shape index (κ2) is 9.63. The molecule has 2 N–H and O–H groups in total. The highest BCUT2D eigenvalue weighted by molar-refractivity contribution is 5.97. The number of fused-ring (bicyclic) bond motifs is 2. The van der Waals surface area contributed by atoms with Crippen molar-refractivity contribution in [2.24, 2.45) is 5.92 Å². The molecule has 32 heavy (non-hydrogen) atoms. The van der Waals surface area contributed by atoms with Crippen molar-refractivity contribution in [1.29, 1.82) is 0 Å². The normalized spacial score (nSPS) is 15.4. The zero-order chi connectivity index (χ0) is 22.7. The van der Waals surface area contributed by atoms with Gasteiger partial charge in [0.2, 0.25) is 0 Å². The van der Waals surface area contributed by atoms with Crippen LogP contribution < -0.4 is 10.9 Å². The fourth-order valence-corrected chi connectivity index (χ4v) is 4.12. The van der Waals surface area contributed by atoms with Gasteiger partial charge in [0.1, 0.15) is 5.82 Å². The van der Waals surface area contributed by atoms with Gasteiger partial charge in [0.05, 0.1) is 23.6 Å². The van der Waals surface area contributed by atoms with Crippen molar-refractivity contribution in [3.8, 4) is 0 Å². The molecule has 7 heteroatoms. The van der Waals surface area contributed by atoms with Crippen molar-refractivity contribution in [3.05, 3.63) is 75.8 Å². The molecule has 4 rings (SSSR count). The second-order valence-electron chi connectivity index (χ2n) is 8.74. The summed E-state index contributed by atoms with van der Waals surface area (Å²) in [6, 6.07) is 15.0. The molecule has 0 aliphatic carbocycles. The van der Waals surface area contributed by atoms with Crippen LogP contribution in [0.5, 0.6) is 0 Å². The summed E-state index contributed by atoms with van der Waals surface area (Å²) in [5.74, 6) is 0.596. The van der Waals surface area contributed by atoms with Crippen LogP contribution in [-0.4, -0.2) is 51.2 Å². The summed E-state index contributed by atoms with van der Waals surface area (Å²) < 4.78 is 1.77. The first-order chi connectivity index (χ1) is 15.5. The van der Waals surface area contributed by atoms with Crippen molar-refractivity contribution < 1.29 is 9.90 Å². The molecule has 1 aliphatic rings. The summed E-state index contributed by atoms with van der Waals surface area (Å²) in [5, 5.41) is 12.9. The second-order valence-corrected chi connectivity index (χ2v) is 8.74. The van der Waals surface area contributed by atoms with Crippen molar-refractivity contribution in [1.82, 2.24) is 19.8 Å². The van der Waals surface area contributed by atoms with E-state index >= 15 is 0 Å². The molecule has 7 nitrogen and oxygen atoms in total. The largest absolute Gasteiger partial charge is 0.394 e. The molecule has 2 heterocycles. The highest BCUT2D eigenvalue weighted by atomic mass is 16.3. The van der Waals surface area contributed by atoms with Gasteiger partial charge >= 0.3 is 0 Å². The van der Waals surface area contributed by atoms with Crippen LogP contribution in [-0.2, 0) is 19.5 Å². The predicted octanol–water partition coefficient (Wildman–Crippen LogP) is 2.20. The number of aromatic nitrogens is 2. The van der Waals surface area contributed by atoms with Gasteiger partial charge in [0.15, 0.2) is 0 Å². The maximum absolute atomic E-state index is 13.2. The quantitative estimate of drug-likeness (QED) is 0.621. The minimum Gasteiger partial charge on any atom is -0.394 e. The Bertz CT molecular complexity index is 1160. The number of hydrogen-bond acceptors (Lipinski definition) is 5. The zero-order valence-electron chi connectivity index (χ0n) is 18.6. The lowest BCUT2D eigenvalue weighted by Gasteiger charge is -2.20. The molecule has 0 bridgehead atoms. The van der Waals surface area contributed by atoms with Gasteiger partial charge in [0, 0.05) is 38.2 Å². The van der Waals surface area contributed by atoms with Crippen LogP contribution in [0.3, 0.4) is 0 Å². The summed E-state index contributed by atoms with van der Waals surface area (Å²) in [5.41, 5.74) is 2.17. The van der Waals surface area contributed by atoms with Gasteiger partial charge in [-0.25, -0.2) is 4.98 Å². The number of carbonyl (C=O) groups is 1. The number of hydrogen-bond donors (Lipinski definition) is 2. The number of amides is 1. The monoisotopic (exact) mass is 434 g/mol. The fourth-order valence-electron chi connectivity index (χ4n) is 4.12. The molecule has 1 unspecified atom stereocenters. The zero-order valence-corrected chi connectivity index (χ0v) is 18.6. The number of carbonyl (C=O) groups excluding carboxylic acids is 1. The van der Waals surface area contributed by atoms with Crippen molar-refractivity contribution in [3.63, 3.8) is 0 Å². The van der Waals surface area contributed by atoms with E-state index in [0.717, 1.165) is 25.5 Å².